The summed E-state index contributed by atoms with van der Waals surface area (Å²) in [5, 5.41) is 13.5. The third-order valence-corrected chi connectivity index (χ3v) is 3.54. The van der Waals surface area contributed by atoms with E-state index in [2.05, 4.69) is 15.3 Å². The molecule has 1 atom stereocenters. The number of rotatable bonds is 4. The molecular formula is C16H13FN4O3. The van der Waals surface area contributed by atoms with Crippen LogP contribution in [0.3, 0.4) is 0 Å². The second-order valence-corrected chi connectivity index (χ2v) is 5.29. The number of halogens is 1. The van der Waals surface area contributed by atoms with Crippen molar-refractivity contribution in [2.45, 2.75) is 13.0 Å². The van der Waals surface area contributed by atoms with E-state index < -0.39 is 22.7 Å². The van der Waals surface area contributed by atoms with Gasteiger partial charge in [-0.05, 0) is 31.2 Å². The molecule has 1 unspecified atom stereocenters. The van der Waals surface area contributed by atoms with Crippen molar-refractivity contribution in [2.75, 3.05) is 0 Å². The van der Waals surface area contributed by atoms with Crippen LogP contribution >= 0.6 is 0 Å². The number of imidazole rings is 1. The first-order valence-corrected chi connectivity index (χ1v) is 7.14. The summed E-state index contributed by atoms with van der Waals surface area (Å²) in [5.74, 6) is -0.477. The Morgan fingerprint density at radius 2 is 2.12 bits per heavy atom. The lowest BCUT2D eigenvalue weighted by molar-refractivity contribution is -0.384. The highest BCUT2D eigenvalue weighted by molar-refractivity contribution is 5.94. The summed E-state index contributed by atoms with van der Waals surface area (Å²) in [4.78, 5) is 29.7. The van der Waals surface area contributed by atoms with Crippen LogP contribution in [0.15, 0.2) is 42.5 Å². The van der Waals surface area contributed by atoms with Crippen molar-refractivity contribution in [3.05, 3.63) is 69.8 Å². The number of aromatic nitrogens is 2. The maximum absolute atomic E-state index is 13.2. The van der Waals surface area contributed by atoms with Crippen LogP contribution in [-0.4, -0.2) is 20.8 Å². The summed E-state index contributed by atoms with van der Waals surface area (Å²) in [7, 11) is 0. The normalized spacial score (nSPS) is 12.1. The highest BCUT2D eigenvalue weighted by Gasteiger charge is 2.16. The largest absolute Gasteiger partial charge is 0.342 e. The number of carbonyl (C=O) groups excluding carboxylic acids is 1. The number of hydrogen-bond acceptors (Lipinski definition) is 4. The van der Waals surface area contributed by atoms with Gasteiger partial charge in [0, 0.05) is 17.7 Å². The minimum Gasteiger partial charge on any atom is -0.342 e. The Morgan fingerprint density at radius 1 is 1.33 bits per heavy atom. The van der Waals surface area contributed by atoms with Crippen molar-refractivity contribution in [1.82, 2.24) is 15.3 Å². The van der Waals surface area contributed by atoms with E-state index in [1.165, 1.54) is 36.4 Å². The molecule has 0 spiro atoms. The fourth-order valence-corrected chi connectivity index (χ4v) is 2.31. The predicted octanol–water partition coefficient (Wildman–Crippen LogP) is 3.10. The standard InChI is InChI=1S/C16H13FN4O3/c1-9(18-16(22)10-3-2-4-11(17)7-10)15-19-13-6-5-12(21(23)24)8-14(13)20-15/h2-9H,1H3,(H,18,22)(H,19,20). The summed E-state index contributed by atoms with van der Waals surface area (Å²) in [6.45, 7) is 1.71. The number of nitrogens with one attached hydrogen (secondary N) is 2. The Kier molecular flexibility index (Phi) is 3.95. The first-order valence-electron chi connectivity index (χ1n) is 7.14. The van der Waals surface area contributed by atoms with Crippen LogP contribution in [0.5, 0.6) is 0 Å². The van der Waals surface area contributed by atoms with Gasteiger partial charge in [0.25, 0.3) is 11.6 Å². The van der Waals surface area contributed by atoms with Gasteiger partial charge in [0.1, 0.15) is 11.6 Å². The van der Waals surface area contributed by atoms with Crippen molar-refractivity contribution in [1.29, 1.82) is 0 Å². The number of aromatic amines is 1. The van der Waals surface area contributed by atoms with E-state index >= 15 is 0 Å². The van der Waals surface area contributed by atoms with E-state index in [1.54, 1.807) is 6.92 Å². The average molecular weight is 328 g/mol. The first-order chi connectivity index (χ1) is 11.4. The van der Waals surface area contributed by atoms with Gasteiger partial charge in [-0.25, -0.2) is 9.37 Å². The van der Waals surface area contributed by atoms with Crippen LogP contribution in [0.1, 0.15) is 29.1 Å². The van der Waals surface area contributed by atoms with Gasteiger partial charge in [-0.2, -0.15) is 0 Å². The van der Waals surface area contributed by atoms with Gasteiger partial charge in [0.2, 0.25) is 0 Å². The molecule has 3 rings (SSSR count). The molecule has 8 heteroatoms. The maximum atomic E-state index is 13.2. The second kappa shape index (κ2) is 6.07. The Labute approximate surface area is 135 Å². The molecule has 0 saturated carbocycles. The Hall–Kier alpha value is -3.29. The molecule has 122 valence electrons. The lowest BCUT2D eigenvalue weighted by atomic mass is 10.2. The van der Waals surface area contributed by atoms with Crippen molar-refractivity contribution >= 4 is 22.6 Å². The average Bonchev–Trinajstić information content (AvgIpc) is 2.98. The van der Waals surface area contributed by atoms with Gasteiger partial charge in [-0.3, -0.25) is 14.9 Å². The number of hydrogen-bond donors (Lipinski definition) is 2. The smallest absolute Gasteiger partial charge is 0.271 e. The zero-order chi connectivity index (χ0) is 17.3. The van der Waals surface area contributed by atoms with E-state index in [9.17, 15) is 19.3 Å². The molecule has 1 amide bonds. The number of amides is 1. The molecule has 0 aliphatic carbocycles. The zero-order valence-electron chi connectivity index (χ0n) is 12.6. The minimum absolute atomic E-state index is 0.0471. The fraction of sp³-hybridized carbons (Fsp3) is 0.125. The molecule has 24 heavy (non-hydrogen) atoms. The van der Waals surface area contributed by atoms with Gasteiger partial charge >= 0.3 is 0 Å². The molecule has 0 bridgehead atoms. The van der Waals surface area contributed by atoms with E-state index in [1.807, 2.05) is 0 Å². The van der Waals surface area contributed by atoms with Crippen molar-refractivity contribution in [2.24, 2.45) is 0 Å². The zero-order valence-corrected chi connectivity index (χ0v) is 12.6. The topological polar surface area (TPSA) is 101 Å². The van der Waals surface area contributed by atoms with Crippen molar-refractivity contribution in [3.63, 3.8) is 0 Å². The van der Waals surface area contributed by atoms with Gasteiger partial charge in [0.05, 0.1) is 22.0 Å². The van der Waals surface area contributed by atoms with E-state index in [-0.39, 0.29) is 11.3 Å². The van der Waals surface area contributed by atoms with Gasteiger partial charge in [-0.1, -0.05) is 6.07 Å². The van der Waals surface area contributed by atoms with E-state index in [4.69, 9.17) is 0 Å². The molecule has 1 aromatic heterocycles. The number of non-ortho nitro benzene ring substituents is 1. The number of carbonyl (C=O) groups is 1. The highest BCUT2D eigenvalue weighted by atomic mass is 19.1. The Morgan fingerprint density at radius 3 is 2.83 bits per heavy atom. The molecule has 7 nitrogen and oxygen atoms in total. The van der Waals surface area contributed by atoms with Crippen molar-refractivity contribution in [3.8, 4) is 0 Å². The minimum atomic E-state index is -0.494. The molecule has 0 aliphatic rings. The van der Waals surface area contributed by atoms with Crippen LogP contribution in [0.25, 0.3) is 11.0 Å². The summed E-state index contributed by atoms with van der Waals surface area (Å²) in [5.41, 5.74) is 1.22. The molecule has 0 radical (unpaired) electrons. The number of nitro benzene ring substituents is 1. The molecule has 2 aromatic carbocycles. The molecule has 0 fully saturated rings. The van der Waals surface area contributed by atoms with Gasteiger partial charge in [-0.15, -0.1) is 0 Å². The summed E-state index contributed by atoms with van der Waals surface area (Å²) in [6.07, 6.45) is 0. The second-order valence-electron chi connectivity index (χ2n) is 5.29. The monoisotopic (exact) mass is 328 g/mol. The number of nitrogens with zero attached hydrogens (tertiary/aromatic N) is 2. The SMILES string of the molecule is CC(NC(=O)c1cccc(F)c1)c1nc2ccc([N+](=O)[O-])cc2[nH]1. The van der Waals surface area contributed by atoms with Crippen LogP contribution < -0.4 is 5.32 Å². The number of H-pyrrole nitrogens is 1. The lowest BCUT2D eigenvalue weighted by Gasteiger charge is -2.11. The molecule has 2 N–H and O–H groups in total. The predicted molar refractivity (Wildman–Crippen MR) is 85.0 cm³/mol. The number of nitro groups is 1. The maximum Gasteiger partial charge on any atom is 0.271 e. The van der Waals surface area contributed by atoms with Crippen molar-refractivity contribution < 1.29 is 14.1 Å². The Bertz CT molecular complexity index is 938. The van der Waals surface area contributed by atoms with Crippen LogP contribution in [0.2, 0.25) is 0 Å². The molecule has 0 saturated heterocycles. The van der Waals surface area contributed by atoms with Crippen LogP contribution in [0, 0.1) is 15.9 Å². The van der Waals surface area contributed by atoms with Crippen LogP contribution in [-0.2, 0) is 0 Å². The quantitative estimate of drug-likeness (QED) is 0.567. The third-order valence-electron chi connectivity index (χ3n) is 3.54. The van der Waals surface area contributed by atoms with Gasteiger partial charge in [0.15, 0.2) is 0 Å². The third kappa shape index (κ3) is 3.07. The molecule has 1 heterocycles. The number of fused-ring (bicyclic) bond motifs is 1. The summed E-state index contributed by atoms with van der Waals surface area (Å²) >= 11 is 0. The molecule has 0 aliphatic heterocycles. The number of benzene rings is 2. The fourth-order valence-electron chi connectivity index (χ4n) is 2.31. The highest BCUT2D eigenvalue weighted by Crippen LogP contribution is 2.21. The summed E-state index contributed by atoms with van der Waals surface area (Å²) in [6, 6.07) is 9.16. The molecule has 3 aromatic rings. The van der Waals surface area contributed by atoms with E-state index in [0.29, 0.717) is 16.9 Å². The van der Waals surface area contributed by atoms with E-state index in [0.717, 1.165) is 6.07 Å². The first kappa shape index (κ1) is 15.6. The Balaban J connectivity index is 1.82. The van der Waals surface area contributed by atoms with Gasteiger partial charge < -0.3 is 10.3 Å². The lowest BCUT2D eigenvalue weighted by Crippen LogP contribution is -2.27. The summed E-state index contributed by atoms with van der Waals surface area (Å²) < 4.78 is 13.2. The van der Waals surface area contributed by atoms with Crippen LogP contribution in [0.4, 0.5) is 10.1 Å². The molecular weight excluding hydrogens is 315 g/mol.